The summed E-state index contributed by atoms with van der Waals surface area (Å²) < 4.78 is 50.4. The van der Waals surface area contributed by atoms with E-state index in [4.69, 9.17) is 4.74 Å². The highest BCUT2D eigenvalue weighted by Gasteiger charge is 2.39. The average Bonchev–Trinajstić information content (AvgIpc) is 3.42. The molecule has 2 aromatic carbocycles. The molecule has 1 aliphatic rings. The molecule has 1 aliphatic heterocycles. The highest BCUT2D eigenvalue weighted by Crippen LogP contribution is 2.34. The summed E-state index contributed by atoms with van der Waals surface area (Å²) in [6.45, 7) is 3.18. The van der Waals surface area contributed by atoms with Gasteiger partial charge in [-0.25, -0.2) is 22.9 Å². The summed E-state index contributed by atoms with van der Waals surface area (Å²) in [7, 11) is 0. The number of aliphatic hydroxyl groups excluding tert-OH is 1. The fraction of sp³-hybridized carbons (Fsp3) is 0.250. The molecule has 0 bridgehead atoms. The van der Waals surface area contributed by atoms with Gasteiger partial charge in [0.1, 0.15) is 18.0 Å². The van der Waals surface area contributed by atoms with E-state index < -0.39 is 29.2 Å². The number of hydrogen-bond donors (Lipinski definition) is 1. The van der Waals surface area contributed by atoms with Crippen molar-refractivity contribution in [2.45, 2.75) is 32.5 Å². The Morgan fingerprint density at radius 2 is 1.92 bits per heavy atom. The number of benzene rings is 2. The second kappa shape index (κ2) is 9.48. The smallest absolute Gasteiger partial charge is 0.350 e. The number of aliphatic hydroxyl groups is 1. The molecule has 5 rings (SSSR count). The number of aryl methyl sites for hydroxylation is 1. The summed E-state index contributed by atoms with van der Waals surface area (Å²) in [5.74, 6) is -2.91. The normalized spacial score (nSPS) is 17.1. The lowest BCUT2D eigenvalue weighted by atomic mass is 10.0. The molecular formula is C24H20F3N5O4S. The van der Waals surface area contributed by atoms with Gasteiger partial charge >= 0.3 is 5.69 Å². The summed E-state index contributed by atoms with van der Waals surface area (Å²) in [6.07, 6.45) is 0.529. The van der Waals surface area contributed by atoms with Gasteiger partial charge in [0.15, 0.2) is 16.6 Å². The van der Waals surface area contributed by atoms with Crippen LogP contribution in [0, 0.1) is 24.4 Å². The Bertz CT molecular complexity index is 1550. The SMILES string of the molecule is Cc1nc(C(=O)N2C[C@H](O)[C@@H]2C)sc1Oc1ccc(-n2ncn(Cc3c(F)cccc3F)c2=O)cc1F. The lowest BCUT2D eigenvalue weighted by Gasteiger charge is -2.42. The molecule has 4 aromatic rings. The molecule has 9 nitrogen and oxygen atoms in total. The quantitative estimate of drug-likeness (QED) is 0.410. The number of rotatable bonds is 6. The van der Waals surface area contributed by atoms with E-state index in [1.807, 2.05) is 0 Å². The molecule has 3 heterocycles. The number of nitrogens with zero attached hydrogens (tertiary/aromatic N) is 5. The van der Waals surface area contributed by atoms with E-state index in [-0.39, 0.29) is 52.1 Å². The topological polar surface area (TPSA) is 102 Å². The van der Waals surface area contributed by atoms with Crippen molar-refractivity contribution in [2.75, 3.05) is 6.54 Å². The Hall–Kier alpha value is -3.97. The largest absolute Gasteiger partial charge is 0.442 e. The van der Waals surface area contributed by atoms with Crippen molar-refractivity contribution >= 4 is 17.2 Å². The lowest BCUT2D eigenvalue weighted by Crippen LogP contribution is -2.60. The minimum Gasteiger partial charge on any atom is -0.442 e. The van der Waals surface area contributed by atoms with E-state index in [0.717, 1.165) is 45.1 Å². The highest BCUT2D eigenvalue weighted by atomic mass is 32.1. The lowest BCUT2D eigenvalue weighted by molar-refractivity contribution is -0.0357. The maximum Gasteiger partial charge on any atom is 0.350 e. The summed E-state index contributed by atoms with van der Waals surface area (Å²) in [5, 5.41) is 13.9. The first-order valence-corrected chi connectivity index (χ1v) is 12.0. The van der Waals surface area contributed by atoms with Crippen LogP contribution < -0.4 is 10.4 Å². The molecule has 192 valence electrons. The van der Waals surface area contributed by atoms with Crippen LogP contribution in [0.4, 0.5) is 13.2 Å². The number of aromatic nitrogens is 4. The predicted octanol–water partition coefficient (Wildman–Crippen LogP) is 3.26. The first-order valence-electron chi connectivity index (χ1n) is 11.2. The minimum absolute atomic E-state index is 0.0739. The van der Waals surface area contributed by atoms with Crippen LogP contribution in [0.25, 0.3) is 5.69 Å². The number of carbonyl (C=O) groups is 1. The van der Waals surface area contributed by atoms with E-state index >= 15 is 0 Å². The van der Waals surface area contributed by atoms with Gasteiger partial charge in [-0.3, -0.25) is 9.36 Å². The third-order valence-electron chi connectivity index (χ3n) is 6.12. The fourth-order valence-electron chi connectivity index (χ4n) is 3.83. The summed E-state index contributed by atoms with van der Waals surface area (Å²) in [4.78, 5) is 31.0. The van der Waals surface area contributed by atoms with E-state index in [1.165, 1.54) is 23.1 Å². The summed E-state index contributed by atoms with van der Waals surface area (Å²) >= 11 is 0.957. The number of carbonyl (C=O) groups excluding carboxylic acids is 1. The van der Waals surface area contributed by atoms with Gasteiger partial charge in [-0.15, -0.1) is 0 Å². The third-order valence-corrected chi connectivity index (χ3v) is 7.14. The maximum atomic E-state index is 14.9. The molecule has 0 spiro atoms. The van der Waals surface area contributed by atoms with Crippen molar-refractivity contribution in [3.63, 3.8) is 0 Å². The van der Waals surface area contributed by atoms with Gasteiger partial charge in [-0.1, -0.05) is 17.4 Å². The third kappa shape index (κ3) is 4.51. The summed E-state index contributed by atoms with van der Waals surface area (Å²) in [5.41, 5.74) is -0.551. The molecule has 1 amide bonds. The van der Waals surface area contributed by atoms with Gasteiger partial charge < -0.3 is 14.7 Å². The second-order valence-corrected chi connectivity index (χ2v) is 9.49. The van der Waals surface area contributed by atoms with Crippen molar-refractivity contribution in [3.05, 3.63) is 86.9 Å². The second-order valence-electron chi connectivity index (χ2n) is 8.53. The van der Waals surface area contributed by atoms with Crippen molar-refractivity contribution < 1.29 is 27.8 Å². The van der Waals surface area contributed by atoms with Gasteiger partial charge in [0.2, 0.25) is 5.06 Å². The van der Waals surface area contributed by atoms with E-state index in [9.17, 15) is 27.9 Å². The molecule has 0 unspecified atom stereocenters. The Morgan fingerprint density at radius 1 is 1.19 bits per heavy atom. The average molecular weight is 532 g/mol. The van der Waals surface area contributed by atoms with E-state index in [1.54, 1.807) is 13.8 Å². The number of thiazole rings is 1. The number of β-amino-alcohol motifs (C(OH)–C–C–N with tert-alkyl or cyclic N) is 1. The Kier molecular flexibility index (Phi) is 6.33. The molecule has 0 radical (unpaired) electrons. The van der Waals surface area contributed by atoms with E-state index in [0.29, 0.717) is 5.69 Å². The monoisotopic (exact) mass is 531 g/mol. The van der Waals surface area contributed by atoms with Crippen LogP contribution in [0.3, 0.4) is 0 Å². The standard InChI is InChI=1S/C24H20F3N5O4S/c1-12-23(37-21(29-12)22(34)31-10-19(33)13(31)2)36-20-7-6-14(8-18(20)27)32-24(35)30(11-28-32)9-15-16(25)4-3-5-17(15)26/h3-8,11,13,19,33H,9-10H2,1-2H3/t13-,19-/m0/s1. The maximum absolute atomic E-state index is 14.9. The number of halogens is 3. The van der Waals surface area contributed by atoms with Crippen LogP contribution in [-0.4, -0.2) is 53.9 Å². The number of likely N-dealkylation sites (tertiary alicyclic amines) is 1. The van der Waals surface area contributed by atoms with Crippen LogP contribution in [0.15, 0.2) is 47.5 Å². The molecule has 13 heteroatoms. The van der Waals surface area contributed by atoms with Crippen LogP contribution in [0.2, 0.25) is 0 Å². The predicted molar refractivity (Wildman–Crippen MR) is 127 cm³/mol. The van der Waals surface area contributed by atoms with Gasteiger partial charge in [-0.05, 0) is 38.1 Å². The summed E-state index contributed by atoms with van der Waals surface area (Å²) in [6, 6.07) is 6.79. The number of hydrogen-bond acceptors (Lipinski definition) is 7. The van der Waals surface area contributed by atoms with Gasteiger partial charge in [0.05, 0.1) is 30.1 Å². The Labute approximate surface area is 212 Å². The van der Waals surface area contributed by atoms with Crippen molar-refractivity contribution in [1.29, 1.82) is 0 Å². The van der Waals surface area contributed by atoms with Crippen LogP contribution in [0.5, 0.6) is 10.8 Å². The molecular weight excluding hydrogens is 511 g/mol. The molecule has 1 fully saturated rings. The zero-order valence-electron chi connectivity index (χ0n) is 19.6. The van der Waals surface area contributed by atoms with Gasteiger partial charge in [0, 0.05) is 18.2 Å². The Morgan fingerprint density at radius 3 is 2.57 bits per heavy atom. The van der Waals surface area contributed by atoms with Crippen molar-refractivity contribution in [2.24, 2.45) is 0 Å². The molecule has 0 aliphatic carbocycles. The zero-order valence-corrected chi connectivity index (χ0v) is 20.4. The first-order chi connectivity index (χ1) is 17.6. The van der Waals surface area contributed by atoms with Crippen molar-refractivity contribution in [1.82, 2.24) is 24.2 Å². The van der Waals surface area contributed by atoms with Gasteiger partial charge in [-0.2, -0.15) is 9.78 Å². The molecule has 0 saturated carbocycles. The number of ether oxygens (including phenoxy) is 1. The van der Waals surface area contributed by atoms with Crippen molar-refractivity contribution in [3.8, 4) is 16.5 Å². The minimum atomic E-state index is -0.806. The zero-order chi connectivity index (χ0) is 26.4. The fourth-order valence-corrected chi connectivity index (χ4v) is 4.71. The molecule has 2 aromatic heterocycles. The first kappa shape index (κ1) is 24.7. The molecule has 1 saturated heterocycles. The molecule has 2 atom stereocenters. The van der Waals surface area contributed by atoms with Crippen LogP contribution in [-0.2, 0) is 6.54 Å². The molecule has 37 heavy (non-hydrogen) atoms. The van der Waals surface area contributed by atoms with Gasteiger partial charge in [0.25, 0.3) is 5.91 Å². The van der Waals surface area contributed by atoms with Crippen LogP contribution >= 0.6 is 11.3 Å². The van der Waals surface area contributed by atoms with Crippen LogP contribution in [0.1, 0.15) is 28.0 Å². The Balaban J connectivity index is 1.34. The molecule has 1 N–H and O–H groups in total. The highest BCUT2D eigenvalue weighted by molar-refractivity contribution is 7.15. The van der Waals surface area contributed by atoms with E-state index in [2.05, 4.69) is 10.1 Å². The number of amides is 1.